The van der Waals surface area contributed by atoms with Crippen LogP contribution in [0.4, 0.5) is 4.39 Å². The van der Waals surface area contributed by atoms with Crippen molar-refractivity contribution < 1.29 is 17.6 Å². The first kappa shape index (κ1) is 20.8. The number of benzene rings is 2. The van der Waals surface area contributed by atoms with Gasteiger partial charge in [0.05, 0.1) is 6.04 Å². The van der Waals surface area contributed by atoms with Gasteiger partial charge >= 0.3 is 0 Å². The number of sulfonamides is 1. The standard InChI is InChI=1S/C20H22ClFN2O3S/c1-14(23-28(26,27)19-11-5-4-10-18(19)22)20(25)24-12-6-8-16(24)13-15-7-2-3-9-17(15)21/h2-5,7,9-11,14,16,23H,6,8,12-13H2,1H3/t14-,16?/m0/s1. The minimum atomic E-state index is -4.14. The molecule has 8 heteroatoms. The van der Waals surface area contributed by atoms with Crippen molar-refractivity contribution in [3.05, 3.63) is 64.9 Å². The molecule has 150 valence electrons. The van der Waals surface area contributed by atoms with E-state index in [0.29, 0.717) is 18.0 Å². The lowest BCUT2D eigenvalue weighted by atomic mass is 10.0. The molecule has 0 radical (unpaired) electrons. The summed E-state index contributed by atoms with van der Waals surface area (Å²) in [5.74, 6) is -1.18. The molecule has 1 aliphatic heterocycles. The maximum absolute atomic E-state index is 13.9. The molecule has 1 amide bonds. The van der Waals surface area contributed by atoms with Gasteiger partial charge in [0.2, 0.25) is 15.9 Å². The lowest BCUT2D eigenvalue weighted by Crippen LogP contribution is -2.49. The Morgan fingerprint density at radius 2 is 1.93 bits per heavy atom. The lowest BCUT2D eigenvalue weighted by molar-refractivity contribution is -0.133. The van der Waals surface area contributed by atoms with Crippen molar-refractivity contribution >= 4 is 27.5 Å². The van der Waals surface area contributed by atoms with Crippen molar-refractivity contribution in [2.45, 2.75) is 43.2 Å². The molecule has 0 saturated carbocycles. The Kier molecular flexibility index (Phi) is 6.37. The van der Waals surface area contributed by atoms with Crippen LogP contribution in [-0.2, 0) is 21.2 Å². The number of nitrogens with zero attached hydrogens (tertiary/aromatic N) is 1. The minimum absolute atomic E-state index is 0.0483. The Morgan fingerprint density at radius 1 is 1.25 bits per heavy atom. The third kappa shape index (κ3) is 4.54. The summed E-state index contributed by atoms with van der Waals surface area (Å²) in [6, 6.07) is 11.5. The molecule has 1 heterocycles. The number of rotatable bonds is 6. The van der Waals surface area contributed by atoms with Crippen LogP contribution in [-0.4, -0.2) is 37.9 Å². The number of carbonyl (C=O) groups is 1. The highest BCUT2D eigenvalue weighted by Gasteiger charge is 2.34. The molecule has 2 aromatic rings. The molecule has 3 rings (SSSR count). The minimum Gasteiger partial charge on any atom is -0.338 e. The van der Waals surface area contributed by atoms with Gasteiger partial charge in [0.1, 0.15) is 10.7 Å². The number of hydrogen-bond donors (Lipinski definition) is 1. The van der Waals surface area contributed by atoms with E-state index >= 15 is 0 Å². The van der Waals surface area contributed by atoms with Gasteiger partial charge in [-0.1, -0.05) is 41.9 Å². The summed E-state index contributed by atoms with van der Waals surface area (Å²) in [6.45, 7) is 2.03. The van der Waals surface area contributed by atoms with Gasteiger partial charge in [-0.15, -0.1) is 0 Å². The maximum Gasteiger partial charge on any atom is 0.244 e. The first-order valence-electron chi connectivity index (χ1n) is 9.10. The van der Waals surface area contributed by atoms with Gasteiger partial charge in [-0.3, -0.25) is 4.79 Å². The number of nitrogens with one attached hydrogen (secondary N) is 1. The van der Waals surface area contributed by atoms with E-state index in [-0.39, 0.29) is 11.9 Å². The van der Waals surface area contributed by atoms with E-state index in [1.54, 1.807) is 4.90 Å². The molecule has 1 saturated heterocycles. The van der Waals surface area contributed by atoms with Gasteiger partial charge in [-0.2, -0.15) is 4.72 Å². The number of halogens is 2. The number of hydrogen-bond acceptors (Lipinski definition) is 3. The molecule has 1 fully saturated rings. The summed E-state index contributed by atoms with van der Waals surface area (Å²) in [5, 5.41) is 0.648. The first-order valence-corrected chi connectivity index (χ1v) is 11.0. The van der Waals surface area contributed by atoms with Gasteiger partial charge in [0, 0.05) is 17.6 Å². The van der Waals surface area contributed by atoms with E-state index in [4.69, 9.17) is 11.6 Å². The van der Waals surface area contributed by atoms with Crippen molar-refractivity contribution in [1.82, 2.24) is 9.62 Å². The van der Waals surface area contributed by atoms with Crippen LogP contribution in [0.3, 0.4) is 0 Å². The predicted octanol–water partition coefficient (Wildman–Crippen LogP) is 3.38. The van der Waals surface area contributed by atoms with Crippen LogP contribution in [0.2, 0.25) is 5.02 Å². The average molecular weight is 425 g/mol. The average Bonchev–Trinajstić information content (AvgIpc) is 3.11. The Labute approximate surface area is 169 Å². The van der Waals surface area contributed by atoms with Crippen LogP contribution in [0.1, 0.15) is 25.3 Å². The molecular weight excluding hydrogens is 403 g/mol. The van der Waals surface area contributed by atoms with Crippen LogP contribution < -0.4 is 4.72 Å². The van der Waals surface area contributed by atoms with Crippen LogP contribution in [0.25, 0.3) is 0 Å². The molecule has 5 nitrogen and oxygen atoms in total. The summed E-state index contributed by atoms with van der Waals surface area (Å²) < 4.78 is 41.1. The summed E-state index contributed by atoms with van der Waals surface area (Å²) in [6.07, 6.45) is 2.27. The van der Waals surface area contributed by atoms with Crippen molar-refractivity contribution in [3.8, 4) is 0 Å². The normalized spacial score (nSPS) is 18.2. The highest BCUT2D eigenvalue weighted by atomic mass is 35.5. The molecule has 0 bridgehead atoms. The molecule has 2 atom stereocenters. The van der Waals surface area contributed by atoms with E-state index in [1.165, 1.54) is 25.1 Å². The predicted molar refractivity (Wildman–Crippen MR) is 106 cm³/mol. The number of amides is 1. The summed E-state index contributed by atoms with van der Waals surface area (Å²) in [7, 11) is -4.14. The van der Waals surface area contributed by atoms with Crippen molar-refractivity contribution in [2.24, 2.45) is 0 Å². The number of likely N-dealkylation sites (tertiary alicyclic amines) is 1. The Balaban J connectivity index is 1.72. The molecule has 0 spiro atoms. The molecule has 28 heavy (non-hydrogen) atoms. The smallest absolute Gasteiger partial charge is 0.244 e. The number of carbonyl (C=O) groups excluding carboxylic acids is 1. The Morgan fingerprint density at radius 3 is 2.64 bits per heavy atom. The van der Waals surface area contributed by atoms with Gasteiger partial charge in [-0.25, -0.2) is 12.8 Å². The van der Waals surface area contributed by atoms with Gasteiger partial charge in [0.15, 0.2) is 0 Å². The third-order valence-corrected chi connectivity index (χ3v) is 6.84. The Bertz CT molecular complexity index is 967. The molecular formula is C20H22ClFN2O3S. The van der Waals surface area contributed by atoms with Crippen LogP contribution in [0.5, 0.6) is 0 Å². The quantitative estimate of drug-likeness (QED) is 0.773. The zero-order valence-corrected chi connectivity index (χ0v) is 17.0. The highest BCUT2D eigenvalue weighted by molar-refractivity contribution is 7.89. The maximum atomic E-state index is 13.9. The zero-order chi connectivity index (χ0) is 20.3. The second-order valence-corrected chi connectivity index (χ2v) is 8.99. The Hall–Kier alpha value is -1.96. The zero-order valence-electron chi connectivity index (χ0n) is 15.4. The van der Waals surface area contributed by atoms with Gasteiger partial charge in [-0.05, 0) is 49.9 Å². The van der Waals surface area contributed by atoms with Crippen LogP contribution in [0.15, 0.2) is 53.4 Å². The van der Waals surface area contributed by atoms with Crippen molar-refractivity contribution in [3.63, 3.8) is 0 Å². The lowest BCUT2D eigenvalue weighted by Gasteiger charge is -2.28. The third-order valence-electron chi connectivity index (χ3n) is 4.90. The molecule has 1 unspecified atom stereocenters. The second kappa shape index (κ2) is 8.59. The van der Waals surface area contributed by atoms with E-state index < -0.39 is 26.8 Å². The highest BCUT2D eigenvalue weighted by Crippen LogP contribution is 2.25. The van der Waals surface area contributed by atoms with Crippen molar-refractivity contribution in [1.29, 1.82) is 0 Å². The van der Waals surface area contributed by atoms with E-state index in [9.17, 15) is 17.6 Å². The summed E-state index contributed by atoms with van der Waals surface area (Å²) in [5.41, 5.74) is 0.952. The SMILES string of the molecule is C[C@H](NS(=O)(=O)c1ccccc1F)C(=O)N1CCCC1Cc1ccccc1Cl. The van der Waals surface area contributed by atoms with E-state index in [2.05, 4.69) is 4.72 Å². The first-order chi connectivity index (χ1) is 13.3. The summed E-state index contributed by atoms with van der Waals surface area (Å²) in [4.78, 5) is 14.1. The molecule has 1 N–H and O–H groups in total. The van der Waals surface area contributed by atoms with Crippen molar-refractivity contribution in [2.75, 3.05) is 6.54 Å². The fourth-order valence-corrected chi connectivity index (χ4v) is 5.00. The molecule has 2 aromatic carbocycles. The monoisotopic (exact) mass is 424 g/mol. The fraction of sp³-hybridized carbons (Fsp3) is 0.350. The molecule has 0 aliphatic carbocycles. The van der Waals surface area contributed by atoms with Gasteiger partial charge < -0.3 is 4.90 Å². The van der Waals surface area contributed by atoms with Crippen LogP contribution >= 0.6 is 11.6 Å². The van der Waals surface area contributed by atoms with E-state index in [1.807, 2.05) is 24.3 Å². The topological polar surface area (TPSA) is 66.5 Å². The van der Waals surface area contributed by atoms with E-state index in [0.717, 1.165) is 24.5 Å². The fourth-order valence-electron chi connectivity index (χ4n) is 3.51. The molecule has 1 aliphatic rings. The largest absolute Gasteiger partial charge is 0.338 e. The van der Waals surface area contributed by atoms with Gasteiger partial charge in [0.25, 0.3) is 0 Å². The summed E-state index contributed by atoms with van der Waals surface area (Å²) >= 11 is 6.23. The molecule has 0 aromatic heterocycles. The second-order valence-electron chi connectivity index (χ2n) is 6.90. The van der Waals surface area contributed by atoms with Crippen LogP contribution in [0, 0.1) is 5.82 Å².